The van der Waals surface area contributed by atoms with Gasteiger partial charge in [-0.2, -0.15) is 0 Å². The third-order valence-electron chi connectivity index (χ3n) is 4.59. The molecule has 0 spiro atoms. The van der Waals surface area contributed by atoms with Gasteiger partial charge in [-0.1, -0.05) is 53.5 Å². The minimum Gasteiger partial charge on any atom is -0.489 e. The zero-order chi connectivity index (χ0) is 23.4. The fourth-order valence-corrected chi connectivity index (χ4v) is 4.06. The maximum Gasteiger partial charge on any atom is 0.335 e. The molecule has 1 aliphatic heterocycles. The largest absolute Gasteiger partial charge is 0.489 e. The molecule has 3 aromatic carbocycles. The molecule has 0 radical (unpaired) electrons. The summed E-state index contributed by atoms with van der Waals surface area (Å²) in [5, 5.41) is 12.8. The highest BCUT2D eigenvalue weighted by molar-refractivity contribution is 8.18. The van der Waals surface area contributed by atoms with E-state index in [-0.39, 0.29) is 11.5 Å². The zero-order valence-corrected chi connectivity index (χ0v) is 19.2. The number of aromatic carboxylic acids is 1. The normalized spacial score (nSPS) is 15.6. The summed E-state index contributed by atoms with van der Waals surface area (Å²) in [6, 6.07) is 18.9. The Kier molecular flexibility index (Phi) is 7.03. The van der Waals surface area contributed by atoms with E-state index in [1.165, 1.54) is 11.8 Å². The van der Waals surface area contributed by atoms with Crippen LogP contribution in [0.2, 0.25) is 10.0 Å². The molecule has 1 amide bonds. The first kappa shape index (κ1) is 22.9. The standard InChI is InChI=1S/C24H16Cl2N2O4S/c25-18-2-1-3-19(21(18)26)27-24-28-22(29)20(33-24)12-14-6-10-17(11-7-14)32-13-15-4-8-16(9-5-15)23(30)31/h1-12H,13H2,(H,30,31)(H,27,28,29)/b20-12+. The Hall–Kier alpha value is -3.26. The van der Waals surface area contributed by atoms with Gasteiger partial charge in [0.25, 0.3) is 5.91 Å². The van der Waals surface area contributed by atoms with E-state index in [9.17, 15) is 9.59 Å². The maximum atomic E-state index is 12.3. The molecule has 1 aliphatic rings. The van der Waals surface area contributed by atoms with Crippen LogP contribution in [0, 0.1) is 0 Å². The first-order valence-corrected chi connectivity index (χ1v) is 11.2. The Labute approximate surface area is 203 Å². The smallest absolute Gasteiger partial charge is 0.335 e. The van der Waals surface area contributed by atoms with Crippen molar-refractivity contribution in [2.45, 2.75) is 6.61 Å². The zero-order valence-electron chi connectivity index (χ0n) is 16.9. The van der Waals surface area contributed by atoms with Gasteiger partial charge in [0.1, 0.15) is 12.4 Å². The highest BCUT2D eigenvalue weighted by Gasteiger charge is 2.24. The van der Waals surface area contributed by atoms with Crippen LogP contribution >= 0.6 is 35.0 Å². The molecule has 0 bridgehead atoms. The lowest BCUT2D eigenvalue weighted by Gasteiger charge is -2.07. The third-order valence-corrected chi connectivity index (χ3v) is 6.31. The number of carbonyl (C=O) groups is 2. The molecule has 0 saturated carbocycles. The van der Waals surface area contributed by atoms with Gasteiger partial charge in [0.05, 0.1) is 26.2 Å². The van der Waals surface area contributed by atoms with Crippen LogP contribution in [-0.2, 0) is 11.4 Å². The first-order valence-electron chi connectivity index (χ1n) is 9.68. The second-order valence-electron chi connectivity index (χ2n) is 6.91. The molecule has 166 valence electrons. The van der Waals surface area contributed by atoms with Crippen molar-refractivity contribution in [3.8, 4) is 5.75 Å². The number of carboxylic acids is 1. The Morgan fingerprint density at radius 1 is 1.06 bits per heavy atom. The van der Waals surface area contributed by atoms with Crippen molar-refractivity contribution in [2.24, 2.45) is 4.99 Å². The molecule has 3 aromatic rings. The number of amidine groups is 1. The summed E-state index contributed by atoms with van der Waals surface area (Å²) in [7, 11) is 0. The monoisotopic (exact) mass is 498 g/mol. The number of thioether (sulfide) groups is 1. The van der Waals surface area contributed by atoms with Gasteiger partial charge in [-0.05, 0) is 65.4 Å². The minimum absolute atomic E-state index is 0.230. The highest BCUT2D eigenvalue weighted by Crippen LogP contribution is 2.34. The second kappa shape index (κ2) is 10.1. The van der Waals surface area contributed by atoms with E-state index >= 15 is 0 Å². The average molecular weight is 499 g/mol. The molecule has 1 heterocycles. The summed E-state index contributed by atoms with van der Waals surface area (Å²) in [4.78, 5) is 28.1. The molecule has 0 aromatic heterocycles. The van der Waals surface area contributed by atoms with E-state index in [1.54, 1.807) is 60.7 Å². The molecule has 6 nitrogen and oxygen atoms in total. The molecule has 33 heavy (non-hydrogen) atoms. The summed E-state index contributed by atoms with van der Waals surface area (Å²) >= 11 is 13.4. The summed E-state index contributed by atoms with van der Waals surface area (Å²) in [5.74, 6) is -0.559. The van der Waals surface area contributed by atoms with Crippen LogP contribution in [-0.4, -0.2) is 22.2 Å². The number of carbonyl (C=O) groups excluding carboxylic acids is 1. The van der Waals surface area contributed by atoms with Crippen molar-refractivity contribution in [3.05, 3.63) is 98.4 Å². The summed E-state index contributed by atoms with van der Waals surface area (Å²) in [6.45, 7) is 0.310. The van der Waals surface area contributed by atoms with Crippen LogP contribution in [0.5, 0.6) is 5.75 Å². The summed E-state index contributed by atoms with van der Waals surface area (Å²) in [6.07, 6.45) is 1.76. The number of halogens is 2. The number of aliphatic imine (C=N–C) groups is 1. The van der Waals surface area contributed by atoms with Gasteiger partial charge in [-0.25, -0.2) is 9.79 Å². The average Bonchev–Trinajstić information content (AvgIpc) is 3.15. The van der Waals surface area contributed by atoms with Crippen molar-refractivity contribution in [1.82, 2.24) is 5.32 Å². The van der Waals surface area contributed by atoms with E-state index in [1.807, 2.05) is 12.1 Å². The number of ether oxygens (including phenoxy) is 1. The van der Waals surface area contributed by atoms with Crippen LogP contribution in [0.4, 0.5) is 5.69 Å². The first-order chi connectivity index (χ1) is 15.9. The highest BCUT2D eigenvalue weighted by atomic mass is 35.5. The molecular weight excluding hydrogens is 483 g/mol. The van der Waals surface area contributed by atoms with Gasteiger partial charge in [0, 0.05) is 0 Å². The van der Waals surface area contributed by atoms with E-state index in [4.69, 9.17) is 33.0 Å². The number of rotatable bonds is 6. The lowest BCUT2D eigenvalue weighted by atomic mass is 10.1. The van der Waals surface area contributed by atoms with Crippen molar-refractivity contribution >= 4 is 63.8 Å². The Balaban J connectivity index is 1.40. The number of carboxylic acid groups (broad SMARTS) is 1. The lowest BCUT2D eigenvalue weighted by Crippen LogP contribution is -2.19. The second-order valence-corrected chi connectivity index (χ2v) is 8.73. The van der Waals surface area contributed by atoms with Crippen molar-refractivity contribution in [3.63, 3.8) is 0 Å². The van der Waals surface area contributed by atoms with Gasteiger partial charge in [0.15, 0.2) is 5.17 Å². The van der Waals surface area contributed by atoms with Crippen LogP contribution < -0.4 is 10.1 Å². The number of nitrogens with zero attached hydrogens (tertiary/aromatic N) is 1. The van der Waals surface area contributed by atoms with Gasteiger partial charge in [0.2, 0.25) is 0 Å². The van der Waals surface area contributed by atoms with Gasteiger partial charge in [-0.15, -0.1) is 0 Å². The summed E-state index contributed by atoms with van der Waals surface area (Å²) < 4.78 is 5.75. The predicted octanol–water partition coefficient (Wildman–Crippen LogP) is 6.16. The van der Waals surface area contributed by atoms with Gasteiger partial charge in [-0.3, -0.25) is 4.79 Å². The molecule has 0 aliphatic carbocycles. The Morgan fingerprint density at radius 2 is 1.79 bits per heavy atom. The molecule has 0 atom stereocenters. The molecule has 1 saturated heterocycles. The summed E-state index contributed by atoms with van der Waals surface area (Å²) in [5.41, 5.74) is 2.39. The molecule has 2 N–H and O–H groups in total. The van der Waals surface area contributed by atoms with Crippen molar-refractivity contribution in [1.29, 1.82) is 0 Å². The predicted molar refractivity (Wildman–Crippen MR) is 131 cm³/mol. The van der Waals surface area contributed by atoms with Gasteiger partial charge >= 0.3 is 5.97 Å². The molecule has 1 fully saturated rings. The van der Waals surface area contributed by atoms with Crippen LogP contribution in [0.3, 0.4) is 0 Å². The van der Waals surface area contributed by atoms with E-state index in [0.717, 1.165) is 11.1 Å². The lowest BCUT2D eigenvalue weighted by molar-refractivity contribution is -0.115. The minimum atomic E-state index is -0.965. The quantitative estimate of drug-likeness (QED) is 0.397. The maximum absolute atomic E-state index is 12.3. The SMILES string of the molecule is O=C1NC(=Nc2cccc(Cl)c2Cl)S/C1=C/c1ccc(OCc2ccc(C(=O)O)cc2)cc1. The third kappa shape index (κ3) is 5.76. The molecular formula is C24H16Cl2N2O4S. The van der Waals surface area contributed by atoms with Crippen molar-refractivity contribution in [2.75, 3.05) is 0 Å². The van der Waals surface area contributed by atoms with E-state index in [2.05, 4.69) is 10.3 Å². The Bertz CT molecular complexity index is 1270. The topological polar surface area (TPSA) is 88.0 Å². The fourth-order valence-electron chi connectivity index (χ4n) is 2.89. The van der Waals surface area contributed by atoms with E-state index in [0.29, 0.717) is 38.2 Å². The van der Waals surface area contributed by atoms with Crippen LogP contribution in [0.1, 0.15) is 21.5 Å². The molecule has 4 rings (SSSR count). The Morgan fingerprint density at radius 3 is 2.48 bits per heavy atom. The number of hydrogen-bond acceptors (Lipinski definition) is 5. The number of benzene rings is 3. The molecule has 9 heteroatoms. The molecule has 0 unspecified atom stereocenters. The number of amides is 1. The number of hydrogen-bond donors (Lipinski definition) is 2. The van der Waals surface area contributed by atoms with Crippen LogP contribution in [0.25, 0.3) is 6.08 Å². The van der Waals surface area contributed by atoms with Crippen LogP contribution in [0.15, 0.2) is 76.6 Å². The van der Waals surface area contributed by atoms with Crippen molar-refractivity contribution < 1.29 is 19.4 Å². The fraction of sp³-hybridized carbons (Fsp3) is 0.0417. The van der Waals surface area contributed by atoms with E-state index < -0.39 is 5.97 Å². The van der Waals surface area contributed by atoms with Gasteiger partial charge < -0.3 is 15.2 Å². The number of nitrogens with one attached hydrogen (secondary N) is 1.